The van der Waals surface area contributed by atoms with Crippen LogP contribution in [0.4, 0.5) is 0 Å². The van der Waals surface area contributed by atoms with Gasteiger partial charge in [-0.1, -0.05) is 26.0 Å². The fraction of sp³-hybridized carbons (Fsp3) is 0.562. The van der Waals surface area contributed by atoms with E-state index >= 15 is 0 Å². The topological polar surface area (TPSA) is 67.6 Å². The van der Waals surface area contributed by atoms with Crippen LogP contribution >= 0.6 is 0 Å². The van der Waals surface area contributed by atoms with Crippen LogP contribution in [0.5, 0.6) is 5.75 Å². The standard InChI is InChI=1S/C16H27N3O2/c1-11(2)15(17)16(20)18-10-14(19(3)4)12-7-6-8-13(9-12)21-5/h6-9,11,14-15H,10,17H2,1-5H3,(H,18,20). The summed E-state index contributed by atoms with van der Waals surface area (Å²) >= 11 is 0. The minimum absolute atomic E-state index is 0.0726. The lowest BCUT2D eigenvalue weighted by molar-refractivity contribution is -0.123. The Morgan fingerprint density at radius 1 is 1.38 bits per heavy atom. The molecule has 0 bridgehead atoms. The van der Waals surface area contributed by atoms with Gasteiger partial charge in [-0.15, -0.1) is 0 Å². The molecule has 2 atom stereocenters. The average Bonchev–Trinajstić information content (AvgIpc) is 2.46. The van der Waals surface area contributed by atoms with Crippen molar-refractivity contribution in [3.05, 3.63) is 29.8 Å². The summed E-state index contributed by atoms with van der Waals surface area (Å²) in [5.41, 5.74) is 6.96. The molecule has 0 aliphatic heterocycles. The molecule has 0 spiro atoms. The first kappa shape index (κ1) is 17.5. The normalized spacial score (nSPS) is 14.1. The van der Waals surface area contributed by atoms with E-state index in [0.717, 1.165) is 11.3 Å². The second-order valence-corrected chi connectivity index (χ2v) is 5.77. The van der Waals surface area contributed by atoms with Crippen molar-refractivity contribution in [1.82, 2.24) is 10.2 Å². The van der Waals surface area contributed by atoms with Crippen molar-refractivity contribution >= 4 is 5.91 Å². The van der Waals surface area contributed by atoms with Gasteiger partial charge in [-0.05, 0) is 37.7 Å². The van der Waals surface area contributed by atoms with Crippen LogP contribution in [0.1, 0.15) is 25.5 Å². The first-order valence-corrected chi connectivity index (χ1v) is 7.20. The van der Waals surface area contributed by atoms with Gasteiger partial charge < -0.3 is 20.7 Å². The van der Waals surface area contributed by atoms with E-state index in [-0.39, 0.29) is 17.9 Å². The number of amides is 1. The second kappa shape index (κ2) is 8.00. The Labute approximate surface area is 127 Å². The van der Waals surface area contributed by atoms with E-state index in [4.69, 9.17) is 10.5 Å². The Morgan fingerprint density at radius 3 is 2.57 bits per heavy atom. The first-order chi connectivity index (χ1) is 9.86. The smallest absolute Gasteiger partial charge is 0.237 e. The summed E-state index contributed by atoms with van der Waals surface area (Å²) in [6.45, 7) is 4.39. The van der Waals surface area contributed by atoms with E-state index in [1.165, 1.54) is 0 Å². The van der Waals surface area contributed by atoms with E-state index < -0.39 is 6.04 Å². The molecule has 5 nitrogen and oxygen atoms in total. The number of rotatable bonds is 7. The highest BCUT2D eigenvalue weighted by Gasteiger charge is 2.20. The van der Waals surface area contributed by atoms with Gasteiger partial charge in [0, 0.05) is 6.54 Å². The fourth-order valence-electron chi connectivity index (χ4n) is 2.07. The Kier molecular flexibility index (Phi) is 6.65. The minimum atomic E-state index is -0.474. The molecule has 5 heteroatoms. The van der Waals surface area contributed by atoms with Gasteiger partial charge in [0.1, 0.15) is 5.75 Å². The predicted octanol–water partition coefficient (Wildman–Crippen LogP) is 1.40. The van der Waals surface area contributed by atoms with Crippen molar-refractivity contribution in [3.8, 4) is 5.75 Å². The number of nitrogens with two attached hydrogens (primary N) is 1. The molecule has 0 aliphatic carbocycles. The molecule has 0 saturated carbocycles. The van der Waals surface area contributed by atoms with Crippen LogP contribution in [0.25, 0.3) is 0 Å². The Balaban J connectivity index is 2.76. The van der Waals surface area contributed by atoms with Gasteiger partial charge >= 0.3 is 0 Å². The maximum Gasteiger partial charge on any atom is 0.237 e. The zero-order valence-corrected chi connectivity index (χ0v) is 13.6. The highest BCUT2D eigenvalue weighted by Crippen LogP contribution is 2.22. The third-order valence-corrected chi connectivity index (χ3v) is 3.59. The van der Waals surface area contributed by atoms with Crippen molar-refractivity contribution < 1.29 is 9.53 Å². The number of benzene rings is 1. The second-order valence-electron chi connectivity index (χ2n) is 5.77. The number of carbonyl (C=O) groups excluding carboxylic acids is 1. The summed E-state index contributed by atoms with van der Waals surface area (Å²) in [6, 6.07) is 7.47. The maximum absolute atomic E-state index is 12.0. The van der Waals surface area contributed by atoms with Gasteiger partial charge in [-0.3, -0.25) is 4.79 Å². The van der Waals surface area contributed by atoms with Crippen molar-refractivity contribution in [1.29, 1.82) is 0 Å². The van der Waals surface area contributed by atoms with Gasteiger partial charge in [0.15, 0.2) is 0 Å². The number of nitrogens with one attached hydrogen (secondary N) is 1. The lowest BCUT2D eigenvalue weighted by Gasteiger charge is -2.26. The largest absolute Gasteiger partial charge is 0.497 e. The summed E-state index contributed by atoms with van der Waals surface area (Å²) in [6.07, 6.45) is 0. The Morgan fingerprint density at radius 2 is 2.05 bits per heavy atom. The maximum atomic E-state index is 12.0. The number of carbonyl (C=O) groups is 1. The third kappa shape index (κ3) is 5.02. The van der Waals surface area contributed by atoms with Gasteiger partial charge in [-0.25, -0.2) is 0 Å². The van der Waals surface area contributed by atoms with Crippen molar-refractivity contribution in [2.45, 2.75) is 25.9 Å². The number of ether oxygens (including phenoxy) is 1. The molecule has 0 fully saturated rings. The molecule has 21 heavy (non-hydrogen) atoms. The van der Waals surface area contributed by atoms with E-state index in [1.807, 2.05) is 52.2 Å². The zero-order chi connectivity index (χ0) is 16.0. The molecule has 2 unspecified atom stereocenters. The highest BCUT2D eigenvalue weighted by atomic mass is 16.5. The third-order valence-electron chi connectivity index (χ3n) is 3.59. The number of hydrogen-bond acceptors (Lipinski definition) is 4. The van der Waals surface area contributed by atoms with Gasteiger partial charge in [0.2, 0.25) is 5.91 Å². The molecular formula is C16H27N3O2. The van der Waals surface area contributed by atoms with Crippen LogP contribution in [0.3, 0.4) is 0 Å². The molecule has 0 aromatic heterocycles. The van der Waals surface area contributed by atoms with E-state index in [2.05, 4.69) is 10.2 Å². The highest BCUT2D eigenvalue weighted by molar-refractivity contribution is 5.81. The minimum Gasteiger partial charge on any atom is -0.497 e. The van der Waals surface area contributed by atoms with E-state index in [1.54, 1.807) is 7.11 Å². The molecule has 1 amide bonds. The molecule has 0 saturated heterocycles. The van der Waals surface area contributed by atoms with Crippen LogP contribution in [0.2, 0.25) is 0 Å². The van der Waals surface area contributed by atoms with Crippen LogP contribution in [-0.2, 0) is 4.79 Å². The molecule has 3 N–H and O–H groups in total. The molecule has 1 rings (SSSR count). The van der Waals surface area contributed by atoms with Crippen molar-refractivity contribution in [2.75, 3.05) is 27.7 Å². The number of nitrogens with zero attached hydrogens (tertiary/aromatic N) is 1. The summed E-state index contributed by atoms with van der Waals surface area (Å²) in [5, 5.41) is 2.93. The van der Waals surface area contributed by atoms with Crippen LogP contribution in [-0.4, -0.2) is 44.6 Å². The molecule has 0 heterocycles. The lowest BCUT2D eigenvalue weighted by atomic mass is 10.0. The predicted molar refractivity (Wildman–Crippen MR) is 85.2 cm³/mol. The van der Waals surface area contributed by atoms with E-state index in [0.29, 0.717) is 6.54 Å². The monoisotopic (exact) mass is 293 g/mol. The quantitative estimate of drug-likeness (QED) is 0.797. The van der Waals surface area contributed by atoms with Gasteiger partial charge in [0.05, 0.1) is 19.2 Å². The SMILES string of the molecule is COc1cccc(C(CNC(=O)C(N)C(C)C)N(C)C)c1. The Bertz CT molecular complexity index is 461. The van der Waals surface area contributed by atoms with E-state index in [9.17, 15) is 4.79 Å². The lowest BCUT2D eigenvalue weighted by Crippen LogP contribution is -2.46. The number of hydrogen-bond donors (Lipinski definition) is 2. The van der Waals surface area contributed by atoms with Crippen LogP contribution in [0, 0.1) is 5.92 Å². The van der Waals surface area contributed by atoms with Crippen molar-refractivity contribution in [2.24, 2.45) is 11.7 Å². The summed E-state index contributed by atoms with van der Waals surface area (Å²) in [7, 11) is 5.62. The van der Waals surface area contributed by atoms with Crippen molar-refractivity contribution in [3.63, 3.8) is 0 Å². The number of likely N-dealkylation sites (N-methyl/N-ethyl adjacent to an activating group) is 1. The molecular weight excluding hydrogens is 266 g/mol. The average molecular weight is 293 g/mol. The van der Waals surface area contributed by atoms with Crippen LogP contribution in [0.15, 0.2) is 24.3 Å². The first-order valence-electron chi connectivity index (χ1n) is 7.20. The Hall–Kier alpha value is -1.59. The van der Waals surface area contributed by atoms with Gasteiger partial charge in [-0.2, -0.15) is 0 Å². The molecule has 0 radical (unpaired) electrons. The summed E-state index contributed by atoms with van der Waals surface area (Å²) < 4.78 is 5.25. The summed E-state index contributed by atoms with van der Waals surface area (Å²) in [4.78, 5) is 14.1. The molecule has 118 valence electrons. The fourth-order valence-corrected chi connectivity index (χ4v) is 2.07. The van der Waals surface area contributed by atoms with Gasteiger partial charge in [0.25, 0.3) is 0 Å². The zero-order valence-electron chi connectivity index (χ0n) is 13.6. The molecule has 1 aromatic carbocycles. The van der Waals surface area contributed by atoms with Crippen LogP contribution < -0.4 is 15.8 Å². The number of methoxy groups -OCH3 is 1. The molecule has 0 aliphatic rings. The molecule has 1 aromatic rings. The summed E-state index contributed by atoms with van der Waals surface area (Å²) in [5.74, 6) is 0.823.